The van der Waals surface area contributed by atoms with Gasteiger partial charge in [0.1, 0.15) is 0 Å². The molecule has 0 radical (unpaired) electrons. The van der Waals surface area contributed by atoms with Gasteiger partial charge in [-0.1, -0.05) is 6.07 Å². The molecule has 1 aromatic carbocycles. The van der Waals surface area contributed by atoms with Gasteiger partial charge in [0.15, 0.2) is 15.7 Å². The summed E-state index contributed by atoms with van der Waals surface area (Å²) in [6, 6.07) is 6.82. The molecule has 3 fully saturated rings. The molecule has 44 heavy (non-hydrogen) atoms. The summed E-state index contributed by atoms with van der Waals surface area (Å²) < 4.78 is 109. The number of alkyl halides is 6. The van der Waals surface area contributed by atoms with Gasteiger partial charge >= 0.3 is 18.3 Å². The molecule has 1 aromatic heterocycles. The molecule has 0 unspecified atom stereocenters. The van der Waals surface area contributed by atoms with Gasteiger partial charge < -0.3 is 19.8 Å². The van der Waals surface area contributed by atoms with Gasteiger partial charge in [-0.05, 0) is 55.4 Å². The molecule has 1 saturated carbocycles. The van der Waals surface area contributed by atoms with E-state index in [1.807, 2.05) is 0 Å². The number of anilines is 2. The van der Waals surface area contributed by atoms with Crippen LogP contribution in [0.5, 0.6) is 5.88 Å². The molecule has 2 aromatic rings. The van der Waals surface area contributed by atoms with Crippen LogP contribution in [0.4, 0.5) is 37.8 Å². The standard InChI is InChI=1S/C27H28F6N4O6S/c28-26(29,30)10-13-42-22-3-1-2-21(35-22)37(43-24(39)27(31,32)33)23(38)19-5-4-17(44(40,41)18-15-34-16-18)14-20(19)36-11-8-25(6-7-25)9-12-36/h1-5,14,18,34H,6-13,15-16H2. The van der Waals surface area contributed by atoms with Gasteiger partial charge in [0.2, 0.25) is 5.88 Å². The Morgan fingerprint density at radius 2 is 1.70 bits per heavy atom. The van der Waals surface area contributed by atoms with E-state index < -0.39 is 64.0 Å². The summed E-state index contributed by atoms with van der Waals surface area (Å²) in [5, 5.41) is 2.17. The van der Waals surface area contributed by atoms with Gasteiger partial charge in [0.25, 0.3) is 5.91 Å². The molecule has 2 aliphatic heterocycles. The number of pyridine rings is 1. The number of hydrogen-bond acceptors (Lipinski definition) is 9. The van der Waals surface area contributed by atoms with Crippen LogP contribution in [0, 0.1) is 5.41 Å². The number of ether oxygens (including phenoxy) is 1. The Balaban J connectivity index is 1.51. The average molecular weight is 651 g/mol. The van der Waals surface area contributed by atoms with Crippen molar-refractivity contribution in [1.29, 1.82) is 0 Å². The number of halogens is 6. The third kappa shape index (κ3) is 7.03. The maximum Gasteiger partial charge on any atom is 0.493 e. The van der Waals surface area contributed by atoms with Gasteiger partial charge in [-0.2, -0.15) is 31.3 Å². The van der Waals surface area contributed by atoms with Gasteiger partial charge in [-0.3, -0.25) is 4.79 Å². The van der Waals surface area contributed by atoms with Crippen molar-refractivity contribution < 1.29 is 53.9 Å². The molecule has 1 amide bonds. The fourth-order valence-electron chi connectivity index (χ4n) is 5.01. The maximum atomic E-state index is 13.9. The van der Waals surface area contributed by atoms with Crippen molar-refractivity contribution in [2.45, 2.75) is 54.6 Å². The second-order valence-corrected chi connectivity index (χ2v) is 13.2. The Labute approximate surface area is 248 Å². The number of hydroxylamine groups is 1. The summed E-state index contributed by atoms with van der Waals surface area (Å²) in [5.41, 5.74) is 0.0271. The molecule has 3 heterocycles. The molecule has 1 spiro atoms. The van der Waals surface area contributed by atoms with Crippen LogP contribution in [-0.4, -0.2) is 75.7 Å². The van der Waals surface area contributed by atoms with E-state index in [-0.39, 0.29) is 39.7 Å². The van der Waals surface area contributed by atoms with Gasteiger partial charge in [-0.15, -0.1) is 5.06 Å². The first-order chi connectivity index (χ1) is 20.6. The molecule has 1 aliphatic carbocycles. The highest BCUT2D eigenvalue weighted by Crippen LogP contribution is 2.54. The number of nitrogens with one attached hydrogen (secondary N) is 1. The SMILES string of the molecule is O=C(c1ccc(S(=O)(=O)C2CNC2)cc1N1CCC2(CC1)CC2)N(OC(=O)C(F)(F)F)c1cccc(OCCC(F)(F)F)n1. The first kappa shape index (κ1) is 31.8. The van der Waals surface area contributed by atoms with E-state index in [1.54, 1.807) is 4.90 Å². The van der Waals surface area contributed by atoms with Crippen LogP contribution in [0.25, 0.3) is 0 Å². The van der Waals surface area contributed by atoms with Crippen molar-refractivity contribution in [3.8, 4) is 5.88 Å². The summed E-state index contributed by atoms with van der Waals surface area (Å²) in [6.45, 7) is 0.483. The highest BCUT2D eigenvalue weighted by atomic mass is 32.2. The van der Waals surface area contributed by atoms with Crippen molar-refractivity contribution in [3.63, 3.8) is 0 Å². The number of piperidine rings is 1. The van der Waals surface area contributed by atoms with Crippen LogP contribution >= 0.6 is 0 Å². The zero-order valence-electron chi connectivity index (χ0n) is 23.1. The highest BCUT2D eigenvalue weighted by Gasteiger charge is 2.46. The van der Waals surface area contributed by atoms with Gasteiger partial charge in [0.05, 0.1) is 34.4 Å². The minimum Gasteiger partial charge on any atom is -0.477 e. The molecular formula is C27H28F6N4O6S. The quantitative estimate of drug-likeness (QED) is 0.331. The van der Waals surface area contributed by atoms with Crippen molar-refractivity contribution in [2.75, 3.05) is 42.7 Å². The lowest BCUT2D eigenvalue weighted by atomic mass is 9.93. The van der Waals surface area contributed by atoms with Gasteiger partial charge in [-0.25, -0.2) is 13.2 Å². The van der Waals surface area contributed by atoms with Crippen LogP contribution in [0.2, 0.25) is 0 Å². The molecule has 3 aliphatic rings. The monoisotopic (exact) mass is 650 g/mol. The lowest BCUT2D eigenvalue weighted by Crippen LogP contribution is -2.51. The number of nitrogens with zero attached hydrogens (tertiary/aromatic N) is 3. The topological polar surface area (TPSA) is 118 Å². The van der Waals surface area contributed by atoms with Gasteiger partial charge in [0, 0.05) is 32.2 Å². The lowest BCUT2D eigenvalue weighted by molar-refractivity contribution is -0.200. The number of carbonyl (C=O) groups is 2. The van der Waals surface area contributed by atoms with Crippen molar-refractivity contribution in [2.24, 2.45) is 5.41 Å². The number of amides is 1. The molecule has 240 valence electrons. The number of benzene rings is 1. The Hall–Kier alpha value is -3.60. The third-order valence-corrected chi connectivity index (χ3v) is 10.1. The molecule has 1 N–H and O–H groups in total. The number of aromatic nitrogens is 1. The summed E-state index contributed by atoms with van der Waals surface area (Å²) in [6.07, 6.45) is -7.82. The zero-order chi connectivity index (χ0) is 31.9. The maximum absolute atomic E-state index is 13.9. The summed E-state index contributed by atoms with van der Waals surface area (Å²) in [5.74, 6) is -5.22. The van der Waals surface area contributed by atoms with Crippen molar-refractivity contribution in [1.82, 2.24) is 10.3 Å². The number of hydrogen-bond donors (Lipinski definition) is 1. The Kier molecular flexibility index (Phi) is 8.48. The smallest absolute Gasteiger partial charge is 0.477 e. The van der Waals surface area contributed by atoms with Crippen LogP contribution < -0.4 is 20.0 Å². The van der Waals surface area contributed by atoms with Crippen LogP contribution in [0.1, 0.15) is 42.5 Å². The molecule has 10 nitrogen and oxygen atoms in total. The normalized spacial score (nSPS) is 18.5. The first-order valence-electron chi connectivity index (χ1n) is 13.7. The van der Waals surface area contributed by atoms with E-state index in [9.17, 15) is 44.3 Å². The molecule has 0 atom stereocenters. The predicted molar refractivity (Wildman–Crippen MR) is 143 cm³/mol. The minimum atomic E-state index is -5.53. The fourth-order valence-corrected chi connectivity index (χ4v) is 6.60. The lowest BCUT2D eigenvalue weighted by Gasteiger charge is -2.35. The second-order valence-electron chi connectivity index (χ2n) is 11.0. The van der Waals surface area contributed by atoms with Crippen molar-refractivity contribution in [3.05, 3.63) is 42.0 Å². The Morgan fingerprint density at radius 3 is 2.27 bits per heavy atom. The fraction of sp³-hybridized carbons (Fsp3) is 0.519. The van der Waals surface area contributed by atoms with E-state index in [1.165, 1.54) is 6.07 Å². The van der Waals surface area contributed by atoms with Crippen LogP contribution in [0.15, 0.2) is 41.3 Å². The number of sulfone groups is 1. The largest absolute Gasteiger partial charge is 0.493 e. The van der Waals surface area contributed by atoms with Crippen LogP contribution in [0.3, 0.4) is 0 Å². The number of rotatable bonds is 8. The predicted octanol–water partition coefficient (Wildman–Crippen LogP) is 4.21. The third-order valence-electron chi connectivity index (χ3n) is 7.98. The Morgan fingerprint density at radius 1 is 1.02 bits per heavy atom. The molecular weight excluding hydrogens is 622 g/mol. The molecule has 2 saturated heterocycles. The van der Waals surface area contributed by atoms with E-state index in [2.05, 4.69) is 15.1 Å². The summed E-state index contributed by atoms with van der Waals surface area (Å²) in [7, 11) is -3.81. The highest BCUT2D eigenvalue weighted by molar-refractivity contribution is 7.92. The number of carbonyl (C=O) groups excluding carboxylic acids is 2. The van der Waals surface area contributed by atoms with E-state index in [0.29, 0.717) is 13.1 Å². The zero-order valence-corrected chi connectivity index (χ0v) is 23.9. The minimum absolute atomic E-state index is 0.0262. The summed E-state index contributed by atoms with van der Waals surface area (Å²) in [4.78, 5) is 35.7. The van der Waals surface area contributed by atoms with E-state index >= 15 is 0 Å². The summed E-state index contributed by atoms with van der Waals surface area (Å²) >= 11 is 0. The Bertz CT molecular complexity index is 1520. The molecule has 5 rings (SSSR count). The molecule has 17 heteroatoms. The second kappa shape index (κ2) is 11.7. The van der Waals surface area contributed by atoms with Crippen molar-refractivity contribution >= 4 is 33.2 Å². The van der Waals surface area contributed by atoms with Crippen LogP contribution in [-0.2, 0) is 19.5 Å². The molecule has 0 bridgehead atoms. The average Bonchev–Trinajstić information content (AvgIpc) is 3.67. The van der Waals surface area contributed by atoms with E-state index in [4.69, 9.17) is 4.74 Å². The van der Waals surface area contributed by atoms with E-state index in [0.717, 1.165) is 56.0 Å². The first-order valence-corrected chi connectivity index (χ1v) is 15.3.